The highest BCUT2D eigenvalue weighted by atomic mass is 32.2. The summed E-state index contributed by atoms with van der Waals surface area (Å²) in [4.78, 5) is 0. The Kier molecular flexibility index (Phi) is 8.61. The van der Waals surface area contributed by atoms with Crippen molar-refractivity contribution >= 4 is 10.2 Å². The average molecular weight is 377 g/mol. The van der Waals surface area contributed by atoms with Crippen LogP contribution in [-0.2, 0) is 19.7 Å². The maximum absolute atomic E-state index is 12.2. The van der Waals surface area contributed by atoms with E-state index in [4.69, 9.17) is 9.47 Å². The third-order valence-electron chi connectivity index (χ3n) is 5.59. The molecule has 0 amide bonds. The van der Waals surface area contributed by atoms with Gasteiger partial charge < -0.3 is 9.47 Å². The van der Waals surface area contributed by atoms with Gasteiger partial charge >= 0.3 is 0 Å². The summed E-state index contributed by atoms with van der Waals surface area (Å²) in [5.41, 5.74) is 0.0621. The first kappa shape index (κ1) is 21.1. The van der Waals surface area contributed by atoms with Gasteiger partial charge in [0.15, 0.2) is 6.29 Å². The van der Waals surface area contributed by atoms with Crippen LogP contribution >= 0.6 is 0 Å². The third kappa shape index (κ3) is 6.17. The van der Waals surface area contributed by atoms with Crippen LogP contribution in [0.1, 0.15) is 71.1 Å². The van der Waals surface area contributed by atoms with Gasteiger partial charge in [0.05, 0.1) is 13.2 Å². The molecule has 1 heterocycles. The molecule has 1 N–H and O–H groups in total. The number of rotatable bonds is 10. The van der Waals surface area contributed by atoms with E-state index in [0.29, 0.717) is 26.3 Å². The molecule has 0 unspecified atom stereocenters. The van der Waals surface area contributed by atoms with Gasteiger partial charge in [0, 0.05) is 25.6 Å². The van der Waals surface area contributed by atoms with Gasteiger partial charge in [-0.25, -0.2) is 4.72 Å². The maximum Gasteiger partial charge on any atom is 0.279 e. The van der Waals surface area contributed by atoms with Crippen LogP contribution in [0.2, 0.25) is 0 Å². The summed E-state index contributed by atoms with van der Waals surface area (Å²) in [6, 6.07) is 0. The number of nitrogens with one attached hydrogen (secondary N) is 1. The van der Waals surface area contributed by atoms with E-state index in [-0.39, 0.29) is 11.7 Å². The van der Waals surface area contributed by atoms with Crippen LogP contribution in [0.15, 0.2) is 0 Å². The van der Waals surface area contributed by atoms with Gasteiger partial charge in [-0.2, -0.15) is 12.7 Å². The zero-order valence-electron chi connectivity index (χ0n) is 16.0. The Bertz CT molecular complexity index is 469. The number of nitrogens with zero attached hydrogens (tertiary/aromatic N) is 1. The molecule has 2 fully saturated rings. The summed E-state index contributed by atoms with van der Waals surface area (Å²) in [5, 5.41) is 0. The van der Waals surface area contributed by atoms with Crippen LogP contribution in [0.25, 0.3) is 0 Å². The van der Waals surface area contributed by atoms with Crippen molar-refractivity contribution in [2.45, 2.75) is 77.4 Å². The van der Waals surface area contributed by atoms with Gasteiger partial charge in [-0.15, -0.1) is 0 Å². The Hall–Kier alpha value is -0.210. The summed E-state index contributed by atoms with van der Waals surface area (Å²) in [6.45, 7) is 4.47. The van der Waals surface area contributed by atoms with Crippen LogP contribution in [-0.4, -0.2) is 52.4 Å². The highest BCUT2D eigenvalue weighted by Crippen LogP contribution is 2.44. The normalized spacial score (nSPS) is 22.4. The lowest BCUT2D eigenvalue weighted by molar-refractivity contribution is -0.143. The summed E-state index contributed by atoms with van der Waals surface area (Å²) >= 11 is 0. The van der Waals surface area contributed by atoms with Gasteiger partial charge in [-0.1, -0.05) is 39.0 Å². The van der Waals surface area contributed by atoms with E-state index in [0.717, 1.165) is 38.5 Å². The smallest absolute Gasteiger partial charge is 0.279 e. The van der Waals surface area contributed by atoms with Crippen molar-refractivity contribution in [3.8, 4) is 0 Å². The molecule has 1 aliphatic carbocycles. The Balaban J connectivity index is 1.84. The largest absolute Gasteiger partial charge is 0.350 e. The molecule has 2 aliphatic rings. The van der Waals surface area contributed by atoms with Gasteiger partial charge in [0.25, 0.3) is 10.2 Å². The van der Waals surface area contributed by atoms with E-state index < -0.39 is 10.2 Å². The second kappa shape index (κ2) is 10.2. The predicted molar refractivity (Wildman–Crippen MR) is 99.5 cm³/mol. The summed E-state index contributed by atoms with van der Waals surface area (Å²) in [5.74, 6) is 0. The number of ether oxygens (including phenoxy) is 2. The number of hydrogen-bond donors (Lipinski definition) is 1. The molecule has 0 atom stereocenters. The fourth-order valence-electron chi connectivity index (χ4n) is 4.00. The van der Waals surface area contributed by atoms with Crippen molar-refractivity contribution < 1.29 is 17.9 Å². The fourth-order valence-corrected chi connectivity index (χ4v) is 4.99. The monoisotopic (exact) mass is 376 g/mol. The van der Waals surface area contributed by atoms with Crippen molar-refractivity contribution in [1.29, 1.82) is 0 Å². The quantitative estimate of drug-likeness (QED) is 0.470. The molecular formula is C18H36N2O4S. The first-order valence-electron chi connectivity index (χ1n) is 9.94. The number of unbranched alkanes of at least 4 members (excludes halogenated alkanes) is 1. The summed E-state index contributed by atoms with van der Waals surface area (Å²) in [6.07, 6.45) is 10.8. The van der Waals surface area contributed by atoms with E-state index in [9.17, 15) is 8.42 Å². The summed E-state index contributed by atoms with van der Waals surface area (Å²) in [7, 11) is -1.72. The predicted octanol–water partition coefficient (Wildman–Crippen LogP) is 3.05. The van der Waals surface area contributed by atoms with Crippen molar-refractivity contribution in [1.82, 2.24) is 9.03 Å². The van der Waals surface area contributed by atoms with Gasteiger partial charge in [0.1, 0.15) is 0 Å². The first-order valence-corrected chi connectivity index (χ1v) is 11.4. The van der Waals surface area contributed by atoms with Crippen LogP contribution < -0.4 is 4.72 Å². The first-order chi connectivity index (χ1) is 12.0. The molecule has 1 saturated heterocycles. The standard InChI is InChI=1S/C18H36N2O4S/c1-3-4-14-20(2)25(21,22)19-13-9-12-18(17-23-15-16-24-17)10-7-5-6-8-11-18/h17,19H,3-16H2,1-2H3. The average Bonchev–Trinajstić information content (AvgIpc) is 3.04. The van der Waals surface area contributed by atoms with Crippen molar-refractivity contribution in [3.05, 3.63) is 0 Å². The summed E-state index contributed by atoms with van der Waals surface area (Å²) < 4.78 is 40.4. The van der Waals surface area contributed by atoms with Crippen LogP contribution in [0.5, 0.6) is 0 Å². The van der Waals surface area contributed by atoms with Crippen LogP contribution in [0.4, 0.5) is 0 Å². The Labute approximate surface area is 153 Å². The minimum Gasteiger partial charge on any atom is -0.350 e. The molecule has 7 heteroatoms. The minimum absolute atomic E-state index is 0.0621. The Morgan fingerprint density at radius 1 is 1.08 bits per heavy atom. The molecule has 1 saturated carbocycles. The highest BCUT2D eigenvalue weighted by molar-refractivity contribution is 7.87. The molecule has 0 spiro atoms. The van der Waals surface area contributed by atoms with Gasteiger partial charge in [-0.05, 0) is 32.1 Å². The van der Waals surface area contributed by atoms with E-state index in [1.807, 2.05) is 0 Å². The van der Waals surface area contributed by atoms with Gasteiger partial charge in [-0.3, -0.25) is 0 Å². The molecule has 0 bridgehead atoms. The molecular weight excluding hydrogens is 340 g/mol. The second-order valence-electron chi connectivity index (χ2n) is 7.53. The third-order valence-corrected chi connectivity index (χ3v) is 7.17. The molecule has 6 nitrogen and oxygen atoms in total. The zero-order valence-corrected chi connectivity index (χ0v) is 16.8. The van der Waals surface area contributed by atoms with Gasteiger partial charge in [0.2, 0.25) is 0 Å². The molecule has 0 aromatic rings. The lowest BCUT2D eigenvalue weighted by Gasteiger charge is -2.37. The molecule has 0 radical (unpaired) electrons. The highest BCUT2D eigenvalue weighted by Gasteiger charge is 2.42. The van der Waals surface area contributed by atoms with Crippen molar-refractivity contribution in [2.75, 3.05) is 33.4 Å². The second-order valence-corrected chi connectivity index (χ2v) is 9.39. The Morgan fingerprint density at radius 3 is 2.32 bits per heavy atom. The molecule has 1 aliphatic heterocycles. The van der Waals surface area contributed by atoms with E-state index in [1.54, 1.807) is 7.05 Å². The minimum atomic E-state index is -3.36. The topological polar surface area (TPSA) is 67.9 Å². The van der Waals surface area contributed by atoms with Crippen LogP contribution in [0, 0.1) is 5.41 Å². The fraction of sp³-hybridized carbons (Fsp3) is 1.00. The van der Waals surface area contributed by atoms with Crippen molar-refractivity contribution in [3.63, 3.8) is 0 Å². The molecule has 2 rings (SSSR count). The lowest BCUT2D eigenvalue weighted by Crippen LogP contribution is -2.40. The SMILES string of the molecule is CCCCN(C)S(=O)(=O)NCCCC1(C2OCCO2)CCCCCC1. The molecule has 0 aromatic carbocycles. The Morgan fingerprint density at radius 2 is 1.72 bits per heavy atom. The van der Waals surface area contributed by atoms with Crippen LogP contribution in [0.3, 0.4) is 0 Å². The number of hydrogen-bond acceptors (Lipinski definition) is 4. The molecule has 148 valence electrons. The van der Waals surface area contributed by atoms with E-state index in [2.05, 4.69) is 11.6 Å². The zero-order chi connectivity index (χ0) is 18.2. The molecule has 25 heavy (non-hydrogen) atoms. The maximum atomic E-state index is 12.2. The lowest BCUT2D eigenvalue weighted by atomic mass is 9.75. The van der Waals surface area contributed by atoms with Crippen molar-refractivity contribution in [2.24, 2.45) is 5.41 Å². The van der Waals surface area contributed by atoms with E-state index in [1.165, 1.54) is 30.0 Å². The molecule has 0 aromatic heterocycles. The van der Waals surface area contributed by atoms with E-state index >= 15 is 0 Å².